The molecule has 0 bridgehead atoms. The Kier molecular flexibility index (Phi) is 4.61. The van der Waals surface area contributed by atoms with Crippen LogP contribution in [0, 0.1) is 17.3 Å². The fourth-order valence-corrected chi connectivity index (χ4v) is 5.34. The summed E-state index contributed by atoms with van der Waals surface area (Å²) in [5.74, 6) is -1.77. The number of benzene rings is 1. The van der Waals surface area contributed by atoms with Gasteiger partial charge in [0.1, 0.15) is 5.78 Å². The summed E-state index contributed by atoms with van der Waals surface area (Å²) in [6, 6.07) is 9.70. The predicted octanol–water partition coefficient (Wildman–Crippen LogP) is 3.26. The smallest absolute Gasteiger partial charge is 0.366 e. The standard InChI is InChI=1S/C21H26O5/c1-24-19(23)21(25-13-15-7-3-2-4-8-15)18-12-17(22)11-16-9-5-6-10-20(16,18)14-26-21/h2-4,7-8,16,18H,5-6,9-14H2,1H3/t16-,18+,20-,21+/m1/s1. The zero-order valence-electron chi connectivity index (χ0n) is 15.2. The highest BCUT2D eigenvalue weighted by molar-refractivity contribution is 5.84. The molecule has 0 N–H and O–H groups in total. The van der Waals surface area contributed by atoms with Crippen LogP contribution in [0.25, 0.3) is 0 Å². The van der Waals surface area contributed by atoms with Crippen LogP contribution < -0.4 is 0 Å². The van der Waals surface area contributed by atoms with Crippen molar-refractivity contribution >= 4 is 11.8 Å². The summed E-state index contributed by atoms with van der Waals surface area (Å²) in [6.07, 6.45) is 5.21. The van der Waals surface area contributed by atoms with Crippen molar-refractivity contribution in [3.05, 3.63) is 35.9 Å². The molecule has 0 aromatic heterocycles. The minimum atomic E-state index is -1.48. The van der Waals surface area contributed by atoms with E-state index in [0.29, 0.717) is 19.4 Å². The molecule has 1 saturated heterocycles. The average Bonchev–Trinajstić information content (AvgIpc) is 2.99. The van der Waals surface area contributed by atoms with E-state index >= 15 is 0 Å². The van der Waals surface area contributed by atoms with Gasteiger partial charge in [0, 0.05) is 24.2 Å². The van der Waals surface area contributed by atoms with Crippen LogP contribution in [0.4, 0.5) is 0 Å². The minimum Gasteiger partial charge on any atom is -0.465 e. The van der Waals surface area contributed by atoms with Crippen molar-refractivity contribution in [2.45, 2.75) is 50.9 Å². The molecular weight excluding hydrogens is 332 g/mol. The number of carbonyl (C=O) groups is 2. The quantitative estimate of drug-likeness (QED) is 0.773. The number of methoxy groups -OCH3 is 1. The zero-order valence-corrected chi connectivity index (χ0v) is 15.2. The second-order valence-corrected chi connectivity index (χ2v) is 7.90. The Morgan fingerprint density at radius 3 is 2.81 bits per heavy atom. The lowest BCUT2D eigenvalue weighted by molar-refractivity contribution is -0.249. The summed E-state index contributed by atoms with van der Waals surface area (Å²) in [5, 5.41) is 0. The van der Waals surface area contributed by atoms with E-state index in [1.165, 1.54) is 7.11 Å². The van der Waals surface area contributed by atoms with Gasteiger partial charge in [0.25, 0.3) is 5.79 Å². The Labute approximate surface area is 154 Å². The van der Waals surface area contributed by atoms with Crippen LogP contribution in [0.15, 0.2) is 30.3 Å². The average molecular weight is 358 g/mol. The SMILES string of the molecule is COC(=O)[C@@]1(OCc2ccccc2)OC[C@]23CCCC[C@@H]2CC(=O)C[C@H]13. The molecule has 1 spiro atoms. The predicted molar refractivity (Wildman–Crippen MR) is 94.1 cm³/mol. The summed E-state index contributed by atoms with van der Waals surface area (Å²) in [5.41, 5.74) is 0.819. The number of Topliss-reactive ketones (excluding diaryl/α,β-unsaturated/α-hetero) is 1. The first-order chi connectivity index (χ1) is 12.6. The highest BCUT2D eigenvalue weighted by Crippen LogP contribution is 2.61. The monoisotopic (exact) mass is 358 g/mol. The number of ketones is 1. The summed E-state index contributed by atoms with van der Waals surface area (Å²) in [7, 11) is 1.35. The fraction of sp³-hybridized carbons (Fsp3) is 0.619. The minimum absolute atomic E-state index is 0.142. The van der Waals surface area contributed by atoms with Crippen molar-refractivity contribution in [1.29, 1.82) is 0 Å². The Morgan fingerprint density at radius 1 is 1.23 bits per heavy atom. The lowest BCUT2D eigenvalue weighted by Crippen LogP contribution is -2.55. The van der Waals surface area contributed by atoms with Crippen LogP contribution in [0.2, 0.25) is 0 Å². The van der Waals surface area contributed by atoms with Crippen LogP contribution in [-0.2, 0) is 30.4 Å². The van der Waals surface area contributed by atoms with Gasteiger partial charge in [-0.25, -0.2) is 4.79 Å². The molecule has 4 atom stereocenters. The summed E-state index contributed by atoms with van der Waals surface area (Å²) >= 11 is 0. The maximum absolute atomic E-state index is 12.8. The van der Waals surface area contributed by atoms with Gasteiger partial charge >= 0.3 is 5.97 Å². The third-order valence-corrected chi connectivity index (χ3v) is 6.64. The molecule has 1 aliphatic heterocycles. The fourth-order valence-electron chi connectivity index (χ4n) is 5.34. The van der Waals surface area contributed by atoms with Crippen molar-refractivity contribution in [2.24, 2.45) is 17.3 Å². The van der Waals surface area contributed by atoms with Gasteiger partial charge in [-0.1, -0.05) is 43.2 Å². The van der Waals surface area contributed by atoms with Gasteiger partial charge in [0.15, 0.2) is 0 Å². The second-order valence-electron chi connectivity index (χ2n) is 7.90. The highest BCUT2D eigenvalue weighted by atomic mass is 16.7. The van der Waals surface area contributed by atoms with Gasteiger partial charge in [-0.05, 0) is 24.3 Å². The number of esters is 1. The van der Waals surface area contributed by atoms with Gasteiger partial charge in [-0.15, -0.1) is 0 Å². The van der Waals surface area contributed by atoms with Crippen LogP contribution in [0.3, 0.4) is 0 Å². The van der Waals surface area contributed by atoms with Crippen molar-refractivity contribution in [3.8, 4) is 0 Å². The molecule has 5 nitrogen and oxygen atoms in total. The highest BCUT2D eigenvalue weighted by Gasteiger charge is 2.68. The van der Waals surface area contributed by atoms with Gasteiger partial charge in [0.05, 0.1) is 20.3 Å². The van der Waals surface area contributed by atoms with Crippen LogP contribution >= 0.6 is 0 Å². The van der Waals surface area contributed by atoms with E-state index in [1.54, 1.807) is 0 Å². The molecule has 4 rings (SSSR count). The number of carbonyl (C=O) groups excluding carboxylic acids is 2. The molecule has 0 amide bonds. The normalized spacial score (nSPS) is 36.3. The number of rotatable bonds is 4. The molecule has 5 heteroatoms. The van der Waals surface area contributed by atoms with E-state index in [9.17, 15) is 9.59 Å². The Hall–Kier alpha value is -1.72. The summed E-state index contributed by atoms with van der Waals surface area (Å²) in [6.45, 7) is 0.723. The summed E-state index contributed by atoms with van der Waals surface area (Å²) < 4.78 is 17.3. The van der Waals surface area contributed by atoms with Crippen molar-refractivity contribution in [1.82, 2.24) is 0 Å². The first-order valence-electron chi connectivity index (χ1n) is 9.53. The van der Waals surface area contributed by atoms with E-state index in [1.807, 2.05) is 30.3 Å². The van der Waals surface area contributed by atoms with E-state index in [0.717, 1.165) is 31.2 Å². The lowest BCUT2D eigenvalue weighted by atomic mass is 9.54. The van der Waals surface area contributed by atoms with E-state index in [2.05, 4.69) is 0 Å². The number of hydrogen-bond donors (Lipinski definition) is 0. The molecule has 1 aromatic rings. The Balaban J connectivity index is 1.67. The topological polar surface area (TPSA) is 61.8 Å². The van der Waals surface area contributed by atoms with E-state index in [-0.39, 0.29) is 29.6 Å². The molecule has 3 aliphatic rings. The Morgan fingerprint density at radius 2 is 2.04 bits per heavy atom. The second kappa shape index (κ2) is 6.78. The van der Waals surface area contributed by atoms with Gasteiger partial charge in [0.2, 0.25) is 0 Å². The van der Waals surface area contributed by atoms with Crippen LogP contribution in [-0.4, -0.2) is 31.3 Å². The number of ether oxygens (including phenoxy) is 3. The molecule has 2 saturated carbocycles. The first-order valence-corrected chi connectivity index (χ1v) is 9.53. The molecule has 0 radical (unpaired) electrons. The molecule has 26 heavy (non-hydrogen) atoms. The maximum Gasteiger partial charge on any atom is 0.366 e. The molecular formula is C21H26O5. The van der Waals surface area contributed by atoms with Crippen LogP contribution in [0.5, 0.6) is 0 Å². The number of hydrogen-bond acceptors (Lipinski definition) is 5. The molecule has 0 unspecified atom stereocenters. The van der Waals surface area contributed by atoms with Crippen molar-refractivity contribution in [3.63, 3.8) is 0 Å². The van der Waals surface area contributed by atoms with Gasteiger partial charge in [-0.2, -0.15) is 0 Å². The zero-order chi connectivity index (χ0) is 18.2. The maximum atomic E-state index is 12.8. The molecule has 1 heterocycles. The van der Waals surface area contributed by atoms with E-state index in [4.69, 9.17) is 14.2 Å². The molecule has 3 fully saturated rings. The Bertz CT molecular complexity index is 687. The third-order valence-electron chi connectivity index (χ3n) is 6.64. The van der Waals surface area contributed by atoms with Crippen LogP contribution in [0.1, 0.15) is 44.1 Å². The van der Waals surface area contributed by atoms with E-state index < -0.39 is 11.8 Å². The lowest BCUT2D eigenvalue weighted by Gasteiger charge is -2.49. The molecule has 2 aliphatic carbocycles. The molecule has 1 aromatic carbocycles. The molecule has 140 valence electrons. The van der Waals surface area contributed by atoms with Gasteiger partial charge < -0.3 is 14.2 Å². The van der Waals surface area contributed by atoms with Gasteiger partial charge in [-0.3, -0.25) is 4.79 Å². The van der Waals surface area contributed by atoms with Crippen molar-refractivity contribution < 1.29 is 23.8 Å². The van der Waals surface area contributed by atoms with Crippen molar-refractivity contribution in [2.75, 3.05) is 13.7 Å². The largest absolute Gasteiger partial charge is 0.465 e. The first kappa shape index (κ1) is 17.7. The third kappa shape index (κ3) is 2.69. The summed E-state index contributed by atoms with van der Waals surface area (Å²) in [4.78, 5) is 25.3.